The van der Waals surface area contributed by atoms with Gasteiger partial charge in [0.2, 0.25) is 0 Å². The number of hydrogen-bond donors (Lipinski definition) is 1. The first-order valence-corrected chi connectivity index (χ1v) is 7.06. The van der Waals surface area contributed by atoms with Gasteiger partial charge in [0.05, 0.1) is 11.3 Å². The number of amides is 1. The molecular weight excluding hydrogens is 360 g/mol. The third-order valence-electron chi connectivity index (χ3n) is 2.45. The first-order chi connectivity index (χ1) is 10.1. The molecule has 21 heavy (non-hydrogen) atoms. The molecule has 1 aromatic carbocycles. The summed E-state index contributed by atoms with van der Waals surface area (Å²) in [5, 5.41) is 2.90. The average molecular weight is 370 g/mol. The number of nitrogens with zero attached hydrogens (tertiary/aromatic N) is 1. The molecule has 2 aromatic rings. The molecule has 0 radical (unpaired) electrons. The maximum Gasteiger partial charge on any atom is 0.340 e. The molecule has 0 fully saturated rings. The van der Waals surface area contributed by atoms with E-state index in [9.17, 15) is 9.59 Å². The molecule has 0 saturated heterocycles. The Morgan fingerprint density at radius 2 is 2.00 bits per heavy atom. The Kier molecular flexibility index (Phi) is 5.30. The summed E-state index contributed by atoms with van der Waals surface area (Å²) in [6, 6.07) is 10.1. The van der Waals surface area contributed by atoms with Gasteiger partial charge in [-0.25, -0.2) is 9.78 Å². The molecule has 1 aromatic heterocycles. The zero-order valence-electron chi connectivity index (χ0n) is 10.7. The van der Waals surface area contributed by atoms with Crippen LogP contribution in [0.3, 0.4) is 0 Å². The van der Waals surface area contributed by atoms with Crippen LogP contribution in [0.4, 0.5) is 5.69 Å². The third-order valence-corrected chi connectivity index (χ3v) is 3.36. The highest BCUT2D eigenvalue weighted by Crippen LogP contribution is 2.20. The van der Waals surface area contributed by atoms with Gasteiger partial charge in [-0.3, -0.25) is 4.79 Å². The number of rotatable bonds is 4. The van der Waals surface area contributed by atoms with Crippen molar-refractivity contribution < 1.29 is 14.3 Å². The number of halogens is 2. The minimum atomic E-state index is -0.638. The van der Waals surface area contributed by atoms with Crippen LogP contribution in [0.25, 0.3) is 0 Å². The summed E-state index contributed by atoms with van der Waals surface area (Å²) < 4.78 is 5.63. The number of aromatic nitrogens is 1. The lowest BCUT2D eigenvalue weighted by Crippen LogP contribution is -2.21. The van der Waals surface area contributed by atoms with Crippen molar-refractivity contribution >= 4 is 45.1 Å². The monoisotopic (exact) mass is 368 g/mol. The molecule has 0 aliphatic carbocycles. The van der Waals surface area contributed by atoms with Crippen LogP contribution < -0.4 is 5.32 Å². The second-order valence-electron chi connectivity index (χ2n) is 3.97. The number of esters is 1. The number of ether oxygens (including phenoxy) is 1. The SMILES string of the molecule is O=C(COC(=O)c1ccc(Cl)nc1)Nc1ccccc1Br. The van der Waals surface area contributed by atoms with Gasteiger partial charge in [0.15, 0.2) is 6.61 Å². The Labute approximate surface area is 134 Å². The quantitative estimate of drug-likeness (QED) is 0.663. The van der Waals surface area contributed by atoms with Gasteiger partial charge in [-0.2, -0.15) is 0 Å². The van der Waals surface area contributed by atoms with Gasteiger partial charge in [0.25, 0.3) is 5.91 Å². The van der Waals surface area contributed by atoms with Crippen molar-refractivity contribution in [1.82, 2.24) is 4.98 Å². The van der Waals surface area contributed by atoms with Gasteiger partial charge in [0.1, 0.15) is 5.15 Å². The molecule has 0 unspecified atom stereocenters. The van der Waals surface area contributed by atoms with E-state index in [1.807, 2.05) is 6.07 Å². The lowest BCUT2D eigenvalue weighted by atomic mass is 10.3. The van der Waals surface area contributed by atoms with Crippen LogP contribution in [0.15, 0.2) is 47.1 Å². The molecule has 1 amide bonds. The van der Waals surface area contributed by atoms with E-state index in [1.165, 1.54) is 18.3 Å². The Bertz CT molecular complexity index is 662. The summed E-state index contributed by atoms with van der Waals surface area (Å²) in [6.07, 6.45) is 1.29. The molecule has 0 atom stereocenters. The number of hydrogen-bond acceptors (Lipinski definition) is 4. The normalized spacial score (nSPS) is 10.0. The van der Waals surface area contributed by atoms with Crippen LogP contribution >= 0.6 is 27.5 Å². The van der Waals surface area contributed by atoms with Crippen molar-refractivity contribution in [3.63, 3.8) is 0 Å². The first kappa shape index (κ1) is 15.5. The van der Waals surface area contributed by atoms with E-state index < -0.39 is 11.9 Å². The molecule has 108 valence electrons. The topological polar surface area (TPSA) is 68.3 Å². The number of anilines is 1. The van der Waals surface area contributed by atoms with Gasteiger partial charge in [-0.15, -0.1) is 0 Å². The van der Waals surface area contributed by atoms with Crippen molar-refractivity contribution in [2.45, 2.75) is 0 Å². The van der Waals surface area contributed by atoms with Gasteiger partial charge in [-0.05, 0) is 40.2 Å². The van der Waals surface area contributed by atoms with E-state index in [-0.39, 0.29) is 17.3 Å². The van der Waals surface area contributed by atoms with E-state index in [0.717, 1.165) is 4.47 Å². The first-order valence-electron chi connectivity index (χ1n) is 5.89. The number of pyridine rings is 1. The van der Waals surface area contributed by atoms with Gasteiger partial charge in [-0.1, -0.05) is 23.7 Å². The van der Waals surface area contributed by atoms with Crippen molar-refractivity contribution in [3.8, 4) is 0 Å². The van der Waals surface area contributed by atoms with Crippen LogP contribution in [0.2, 0.25) is 5.15 Å². The second-order valence-corrected chi connectivity index (χ2v) is 5.22. The maximum atomic E-state index is 11.7. The van der Waals surface area contributed by atoms with Crippen molar-refractivity contribution in [2.24, 2.45) is 0 Å². The van der Waals surface area contributed by atoms with E-state index in [1.54, 1.807) is 18.2 Å². The molecule has 0 spiro atoms. The summed E-state index contributed by atoms with van der Waals surface area (Å²) in [5.74, 6) is -1.07. The molecule has 1 N–H and O–H groups in total. The summed E-state index contributed by atoms with van der Waals surface area (Å²) in [5.41, 5.74) is 0.833. The summed E-state index contributed by atoms with van der Waals surface area (Å²) in [4.78, 5) is 27.2. The van der Waals surface area contributed by atoms with E-state index in [0.29, 0.717) is 5.69 Å². The Morgan fingerprint density at radius 1 is 1.24 bits per heavy atom. The standard InChI is InChI=1S/C14H10BrClN2O3/c15-10-3-1-2-4-11(10)18-13(19)8-21-14(20)9-5-6-12(16)17-7-9/h1-7H,8H2,(H,18,19). The molecule has 0 saturated carbocycles. The zero-order valence-corrected chi connectivity index (χ0v) is 13.0. The van der Waals surface area contributed by atoms with Crippen LogP contribution in [-0.4, -0.2) is 23.5 Å². The Hall–Kier alpha value is -1.92. The third kappa shape index (κ3) is 4.54. The fourth-order valence-electron chi connectivity index (χ4n) is 1.46. The molecule has 0 bridgehead atoms. The predicted octanol–water partition coefficient (Wildman–Crippen LogP) is 3.29. The molecular formula is C14H10BrClN2O3. The van der Waals surface area contributed by atoms with Gasteiger partial charge < -0.3 is 10.1 Å². The van der Waals surface area contributed by atoms with E-state index >= 15 is 0 Å². The van der Waals surface area contributed by atoms with Crippen molar-refractivity contribution in [1.29, 1.82) is 0 Å². The van der Waals surface area contributed by atoms with Crippen LogP contribution in [-0.2, 0) is 9.53 Å². The van der Waals surface area contributed by atoms with Crippen LogP contribution in [0, 0.1) is 0 Å². The van der Waals surface area contributed by atoms with Crippen molar-refractivity contribution in [2.75, 3.05) is 11.9 Å². The molecule has 1 heterocycles. The second kappa shape index (κ2) is 7.19. The number of carbonyl (C=O) groups excluding carboxylic acids is 2. The van der Waals surface area contributed by atoms with E-state index in [2.05, 4.69) is 26.2 Å². The molecule has 0 aliphatic rings. The molecule has 2 rings (SSSR count). The fraction of sp³-hybridized carbons (Fsp3) is 0.0714. The van der Waals surface area contributed by atoms with Gasteiger partial charge in [0, 0.05) is 10.7 Å². The largest absolute Gasteiger partial charge is 0.452 e. The predicted molar refractivity (Wildman–Crippen MR) is 82.3 cm³/mol. The minimum Gasteiger partial charge on any atom is -0.452 e. The van der Waals surface area contributed by atoms with Crippen LogP contribution in [0.1, 0.15) is 10.4 Å². The smallest absolute Gasteiger partial charge is 0.340 e. The maximum absolute atomic E-state index is 11.7. The lowest BCUT2D eigenvalue weighted by molar-refractivity contribution is -0.119. The highest BCUT2D eigenvalue weighted by molar-refractivity contribution is 9.10. The summed E-state index contributed by atoms with van der Waals surface area (Å²) in [6.45, 7) is -0.386. The molecule has 5 nitrogen and oxygen atoms in total. The highest BCUT2D eigenvalue weighted by atomic mass is 79.9. The van der Waals surface area contributed by atoms with E-state index in [4.69, 9.17) is 16.3 Å². The molecule has 7 heteroatoms. The lowest BCUT2D eigenvalue weighted by Gasteiger charge is -2.07. The number of nitrogens with one attached hydrogen (secondary N) is 1. The Balaban J connectivity index is 1.88. The number of benzene rings is 1. The fourth-order valence-corrected chi connectivity index (χ4v) is 1.96. The zero-order chi connectivity index (χ0) is 15.2. The summed E-state index contributed by atoms with van der Waals surface area (Å²) in [7, 11) is 0. The van der Waals surface area contributed by atoms with Gasteiger partial charge >= 0.3 is 5.97 Å². The number of para-hydroxylation sites is 1. The van der Waals surface area contributed by atoms with Crippen molar-refractivity contribution in [3.05, 3.63) is 57.8 Å². The molecule has 0 aliphatic heterocycles. The summed E-state index contributed by atoms with van der Waals surface area (Å²) >= 11 is 8.92. The average Bonchev–Trinajstić information content (AvgIpc) is 2.48. The number of carbonyl (C=O) groups is 2. The minimum absolute atomic E-state index is 0.230. The highest BCUT2D eigenvalue weighted by Gasteiger charge is 2.11. The van der Waals surface area contributed by atoms with Crippen LogP contribution in [0.5, 0.6) is 0 Å². The Morgan fingerprint density at radius 3 is 2.67 bits per heavy atom.